The van der Waals surface area contributed by atoms with Crippen LogP contribution in [0.25, 0.3) is 34.4 Å². The van der Waals surface area contributed by atoms with Crippen molar-refractivity contribution in [3.63, 3.8) is 0 Å². The first kappa shape index (κ1) is 56.6. The van der Waals surface area contributed by atoms with Crippen LogP contribution in [0.4, 0.5) is 0 Å². The smallest absolute Gasteiger partial charge is 0.402 e. The average Bonchev–Trinajstić information content (AvgIpc) is 3.46. The molecule has 15 atom stereocenters. The summed E-state index contributed by atoms with van der Waals surface area (Å²) in [6, 6.07) is 14.7. The third kappa shape index (κ3) is 12.4. The van der Waals surface area contributed by atoms with E-state index in [2.05, 4.69) is 0 Å². The summed E-state index contributed by atoms with van der Waals surface area (Å²) < 4.78 is 51.4. The first-order valence-corrected chi connectivity index (χ1v) is 23.5. The Kier molecular flexibility index (Phi) is 17.4. The zero-order valence-electron chi connectivity index (χ0n) is 40.2. The normalized spacial score (nSPS) is 29.3. The number of aliphatic hydroxyl groups excluding tert-OH is 10. The number of hydrogen-bond donors (Lipinski definition) is 16. The summed E-state index contributed by atoms with van der Waals surface area (Å²) in [6.07, 6.45) is -23.4. The first-order valence-electron chi connectivity index (χ1n) is 23.5. The summed E-state index contributed by atoms with van der Waals surface area (Å²) >= 11 is 0. The molecule has 418 valence electrons. The lowest BCUT2D eigenvalue weighted by atomic mass is 9.99. The maximum atomic E-state index is 12.6. The summed E-state index contributed by atoms with van der Waals surface area (Å²) in [7, 11) is 0. The van der Waals surface area contributed by atoms with Crippen LogP contribution in [0, 0.1) is 0 Å². The van der Waals surface area contributed by atoms with Crippen LogP contribution >= 0.6 is 0 Å². The molecule has 3 fully saturated rings. The third-order valence-electron chi connectivity index (χ3n) is 12.6. The molecule has 0 unspecified atom stereocenters. The van der Waals surface area contributed by atoms with Crippen LogP contribution in [0.5, 0.6) is 51.7 Å². The van der Waals surface area contributed by atoms with Crippen LogP contribution in [0.1, 0.15) is 11.1 Å². The number of aromatic hydroxyl groups is 6. The molecule has 0 radical (unpaired) electrons. The van der Waals surface area contributed by atoms with Crippen LogP contribution in [0.3, 0.4) is 0 Å². The standard InChI is InChI=1S/C51H52O27/c52-17-33-39(61)42(64)45(67)51(76-33)75-32-16-23-29(2-1-3-30(23)73-49-46(68)43(65)40(62)34(77-49)18-70-36(58)10-6-20-4-8-24(53)26(55)12-20)72-48(32)22-14-28(57)38(60)31(15-22)74-50-47(69)44(66)41(63)35(78-50)19-71-37(59)11-7-21-5-9-25(54)27(56)13-21/h1-16,33-35,39-47,49-52,61-69H,17-19H2,(H5-,53,54,55,56,57,58,59,60)/p+1/t33-,34-,35-,39-,40-,41-,42+,43+,44+,45-,46-,47-,49-,50-,51-/m1/s1. The SMILES string of the molecule is O=C(/C=C/c1ccc(O)c(O)c1)OC[C@H]1O[C@@H](Oc2cc(-c3[o+]c4cccc(O[C@@H]5O[C@H](COC(=O)/C=C/c6ccc(O)c(O)c6)[C@@H](O)[C@H](O)[C@H]5O)c4cc3O[C@@H]3O[C@H](CO)[C@@H](O)[C@H](O)[C@H]3O)cc(O)c2O)[C@H](O)[C@@H](O)[C@@H]1O. The van der Waals surface area contributed by atoms with E-state index >= 15 is 0 Å². The highest BCUT2D eigenvalue weighted by molar-refractivity contribution is 5.89. The van der Waals surface area contributed by atoms with Gasteiger partial charge in [0.1, 0.15) is 97.6 Å². The van der Waals surface area contributed by atoms with Gasteiger partial charge in [-0.1, -0.05) is 12.1 Å². The van der Waals surface area contributed by atoms with Crippen molar-refractivity contribution in [3.8, 4) is 63.1 Å². The minimum atomic E-state index is -2.06. The highest BCUT2D eigenvalue weighted by atomic mass is 16.7. The second kappa shape index (κ2) is 24.0. The van der Waals surface area contributed by atoms with Gasteiger partial charge in [0.15, 0.2) is 34.5 Å². The van der Waals surface area contributed by atoms with Gasteiger partial charge in [0.2, 0.25) is 30.4 Å². The van der Waals surface area contributed by atoms with Gasteiger partial charge >= 0.3 is 23.3 Å². The highest BCUT2D eigenvalue weighted by Gasteiger charge is 2.49. The lowest BCUT2D eigenvalue weighted by Gasteiger charge is -2.40. The summed E-state index contributed by atoms with van der Waals surface area (Å²) in [5.74, 6) is -7.27. The Hall–Kier alpha value is -7.61. The van der Waals surface area contributed by atoms with Crippen molar-refractivity contribution in [2.24, 2.45) is 0 Å². The summed E-state index contributed by atoms with van der Waals surface area (Å²) in [5, 5.41) is 168. The number of fused-ring (bicyclic) bond motifs is 1. The number of carbonyl (C=O) groups excluding carboxylic acids is 2. The molecule has 0 bridgehead atoms. The molecular formula is C51H53O27+. The maximum absolute atomic E-state index is 12.6. The second-order valence-corrected chi connectivity index (χ2v) is 18.0. The quantitative estimate of drug-likeness (QED) is 0.0236. The van der Waals surface area contributed by atoms with Crippen molar-refractivity contribution in [2.45, 2.75) is 92.1 Å². The molecule has 27 heteroatoms. The van der Waals surface area contributed by atoms with Gasteiger partial charge in [0.25, 0.3) is 0 Å². The number of phenols is 6. The Morgan fingerprint density at radius 2 is 0.949 bits per heavy atom. The Morgan fingerprint density at radius 1 is 0.487 bits per heavy atom. The maximum Gasteiger partial charge on any atom is 0.402 e. The van der Waals surface area contributed by atoms with E-state index in [1.807, 2.05) is 0 Å². The van der Waals surface area contributed by atoms with E-state index in [0.717, 1.165) is 30.4 Å². The van der Waals surface area contributed by atoms with E-state index in [1.54, 1.807) is 0 Å². The number of benzene rings is 4. The van der Waals surface area contributed by atoms with E-state index in [4.69, 9.17) is 42.3 Å². The monoisotopic (exact) mass is 1100 g/mol. The zero-order valence-corrected chi connectivity index (χ0v) is 40.2. The molecule has 27 nitrogen and oxygen atoms in total. The predicted molar refractivity (Wildman–Crippen MR) is 258 cm³/mol. The second-order valence-electron chi connectivity index (χ2n) is 18.0. The molecule has 78 heavy (non-hydrogen) atoms. The fraction of sp³-hybridized carbons (Fsp3) is 0.353. The van der Waals surface area contributed by atoms with Gasteiger partial charge in [0, 0.05) is 36.4 Å². The van der Waals surface area contributed by atoms with Crippen molar-refractivity contribution >= 4 is 35.1 Å². The first-order chi connectivity index (χ1) is 37.1. The van der Waals surface area contributed by atoms with Gasteiger partial charge in [-0.15, -0.1) is 0 Å². The van der Waals surface area contributed by atoms with E-state index in [9.17, 15) is 91.3 Å². The number of rotatable bonds is 16. The van der Waals surface area contributed by atoms with Crippen LogP contribution in [-0.4, -0.2) is 206 Å². The van der Waals surface area contributed by atoms with Crippen LogP contribution in [0.2, 0.25) is 0 Å². The number of ether oxygens (including phenoxy) is 8. The van der Waals surface area contributed by atoms with Crippen molar-refractivity contribution in [1.29, 1.82) is 0 Å². The molecule has 0 saturated carbocycles. The molecule has 8 rings (SSSR count). The molecule has 0 amide bonds. The van der Waals surface area contributed by atoms with Gasteiger partial charge in [-0.05, 0) is 59.7 Å². The third-order valence-corrected chi connectivity index (χ3v) is 12.6. The Labute approximate surface area is 438 Å². The van der Waals surface area contributed by atoms with E-state index in [0.29, 0.717) is 11.1 Å². The molecule has 4 heterocycles. The number of esters is 2. The number of hydrogen-bond acceptors (Lipinski definition) is 26. The Balaban J connectivity index is 1.06. The van der Waals surface area contributed by atoms with Crippen molar-refractivity contribution in [2.75, 3.05) is 19.8 Å². The van der Waals surface area contributed by atoms with E-state index < -0.39 is 176 Å². The minimum absolute atomic E-state index is 0.0433. The van der Waals surface area contributed by atoms with Crippen LogP contribution in [0.15, 0.2) is 89.4 Å². The van der Waals surface area contributed by atoms with Gasteiger partial charge < -0.3 is 120 Å². The largest absolute Gasteiger partial charge is 0.504 e. The topological polar surface area (TPSA) is 443 Å². The van der Waals surface area contributed by atoms with Crippen LogP contribution in [-0.2, 0) is 33.3 Å². The van der Waals surface area contributed by atoms with Gasteiger partial charge in [-0.25, -0.2) is 14.0 Å². The lowest BCUT2D eigenvalue weighted by molar-refractivity contribution is -0.278. The molecular weight excluding hydrogens is 1040 g/mol. The Bertz CT molecular complexity index is 3020. The molecule has 3 aliphatic rings. The molecule has 3 saturated heterocycles. The fourth-order valence-corrected chi connectivity index (χ4v) is 8.20. The van der Waals surface area contributed by atoms with Gasteiger partial charge in [-0.2, -0.15) is 0 Å². The molecule has 3 aliphatic heterocycles. The van der Waals surface area contributed by atoms with E-state index in [1.165, 1.54) is 66.7 Å². The van der Waals surface area contributed by atoms with Gasteiger partial charge in [-0.3, -0.25) is 0 Å². The molecule has 0 aliphatic carbocycles. The van der Waals surface area contributed by atoms with Crippen LogP contribution < -0.4 is 14.2 Å². The van der Waals surface area contributed by atoms with Gasteiger partial charge in [0.05, 0.1) is 12.2 Å². The molecule has 4 aromatic carbocycles. The molecule has 1 aromatic heterocycles. The number of phenolic OH excluding ortho intramolecular Hbond substituents is 6. The lowest BCUT2D eigenvalue weighted by Crippen LogP contribution is -2.60. The summed E-state index contributed by atoms with van der Waals surface area (Å²) in [6.45, 7) is -2.30. The Morgan fingerprint density at radius 3 is 1.44 bits per heavy atom. The minimum Gasteiger partial charge on any atom is -0.504 e. The molecule has 5 aromatic rings. The summed E-state index contributed by atoms with van der Waals surface area (Å²) in [5.41, 5.74) is 0.267. The van der Waals surface area contributed by atoms with Crippen molar-refractivity contribution in [1.82, 2.24) is 0 Å². The predicted octanol–water partition coefficient (Wildman–Crippen LogP) is -1.32. The van der Waals surface area contributed by atoms with E-state index in [-0.39, 0.29) is 22.3 Å². The van der Waals surface area contributed by atoms with Crippen molar-refractivity contribution < 1.29 is 134 Å². The fourth-order valence-electron chi connectivity index (χ4n) is 8.20. The molecule has 16 N–H and O–H groups in total. The number of carbonyl (C=O) groups is 2. The average molecular weight is 1100 g/mol. The molecule has 0 spiro atoms. The number of aliphatic hydroxyl groups is 10. The summed E-state index contributed by atoms with van der Waals surface area (Å²) in [4.78, 5) is 25.2. The zero-order chi connectivity index (χ0) is 56.3. The van der Waals surface area contributed by atoms with Crippen molar-refractivity contribution in [3.05, 3.63) is 96.1 Å². The highest BCUT2D eigenvalue weighted by Crippen LogP contribution is 2.46.